The normalized spacial score (nSPS) is 15.2. The molecule has 1 aromatic heterocycles. The van der Waals surface area contributed by atoms with Crippen LogP contribution < -0.4 is 0 Å². The van der Waals surface area contributed by atoms with Crippen molar-refractivity contribution in [3.05, 3.63) is 77.6 Å². The smallest absolute Gasteiger partial charge is 0.0731 e. The minimum atomic E-state index is 0.722. The van der Waals surface area contributed by atoms with E-state index in [0.717, 1.165) is 71.1 Å². The number of unbranched alkanes of at least 4 members (excludes halogenated alkanes) is 1. The number of rotatable bonds is 8. The van der Waals surface area contributed by atoms with Gasteiger partial charge in [-0.3, -0.25) is 0 Å². The minimum absolute atomic E-state index is 0.722. The van der Waals surface area contributed by atoms with Crippen LogP contribution in [0.25, 0.3) is 22.2 Å². The van der Waals surface area contributed by atoms with Crippen LogP contribution in [0.15, 0.2) is 61.3 Å². The van der Waals surface area contributed by atoms with Crippen molar-refractivity contribution in [1.82, 2.24) is 14.8 Å². The van der Waals surface area contributed by atoms with E-state index in [0.29, 0.717) is 0 Å². The first-order valence-corrected chi connectivity index (χ1v) is 11.6. The molecule has 0 radical (unpaired) electrons. The molecule has 3 rings (SSSR count). The highest BCUT2D eigenvalue weighted by atomic mass is 35.5. The quantitative estimate of drug-likeness (QED) is 0.410. The van der Waals surface area contributed by atoms with Crippen LogP contribution in [-0.2, 0) is 0 Å². The van der Waals surface area contributed by atoms with Crippen LogP contribution >= 0.6 is 11.6 Å². The summed E-state index contributed by atoms with van der Waals surface area (Å²) in [5.41, 5.74) is 6.26. The van der Waals surface area contributed by atoms with E-state index in [4.69, 9.17) is 16.6 Å². The molecule has 0 spiro atoms. The van der Waals surface area contributed by atoms with Gasteiger partial charge in [-0.15, -0.1) is 0 Å². The van der Waals surface area contributed by atoms with E-state index in [1.54, 1.807) is 0 Å². The predicted molar refractivity (Wildman–Crippen MR) is 136 cm³/mol. The highest BCUT2D eigenvalue weighted by molar-refractivity contribution is 6.35. The minimum Gasteiger partial charge on any atom is -0.372 e. The first-order valence-electron chi connectivity index (χ1n) is 11.2. The number of fused-ring (bicyclic) bond motifs is 1. The Hall–Kier alpha value is -2.52. The van der Waals surface area contributed by atoms with Gasteiger partial charge in [-0.1, -0.05) is 68.5 Å². The molecular weight excluding hydrogens is 402 g/mol. The van der Waals surface area contributed by atoms with Crippen molar-refractivity contribution < 1.29 is 0 Å². The zero-order chi connectivity index (χ0) is 22.4. The van der Waals surface area contributed by atoms with E-state index in [1.807, 2.05) is 26.0 Å². The third kappa shape index (κ3) is 5.40. The summed E-state index contributed by atoms with van der Waals surface area (Å²) in [4.78, 5) is 9.69. The van der Waals surface area contributed by atoms with Crippen molar-refractivity contribution in [3.8, 4) is 0 Å². The Balaban J connectivity index is 1.78. The van der Waals surface area contributed by atoms with Gasteiger partial charge in [-0.25, -0.2) is 4.98 Å². The molecule has 0 saturated carbocycles. The summed E-state index contributed by atoms with van der Waals surface area (Å²) in [6.45, 7) is 18.8. The number of allylic oxidation sites excluding steroid dienone is 5. The van der Waals surface area contributed by atoms with Gasteiger partial charge in [0.2, 0.25) is 0 Å². The maximum absolute atomic E-state index is 6.59. The number of nitrogens with zero attached hydrogens (tertiary/aromatic N) is 3. The van der Waals surface area contributed by atoms with Gasteiger partial charge < -0.3 is 9.80 Å². The van der Waals surface area contributed by atoms with E-state index in [1.165, 1.54) is 18.5 Å². The van der Waals surface area contributed by atoms with Gasteiger partial charge in [-0.05, 0) is 50.0 Å². The molecule has 0 amide bonds. The van der Waals surface area contributed by atoms with E-state index >= 15 is 0 Å². The molecule has 0 N–H and O–H groups in total. The number of hydrogen-bond acceptors (Lipinski definition) is 3. The Morgan fingerprint density at radius 1 is 1.10 bits per heavy atom. The van der Waals surface area contributed by atoms with Crippen LogP contribution in [0.5, 0.6) is 0 Å². The van der Waals surface area contributed by atoms with Crippen molar-refractivity contribution in [2.75, 3.05) is 26.2 Å². The van der Waals surface area contributed by atoms with Crippen molar-refractivity contribution >= 4 is 33.8 Å². The van der Waals surface area contributed by atoms with Crippen LogP contribution in [0.3, 0.4) is 0 Å². The standard InChI is InChI=1S/C27H34ClN3/c1-6-9-11-20(4)30-14-16-31(17-15-30)21(5)23-12-13-24-25(28)19-26(29-27(24)18-23)22(8-3)10-7-2/h7-8,10,12-13,18-19H,4-6,9,11,14-17H2,1-3H3/b10-7-,22-8+. The van der Waals surface area contributed by atoms with Crippen molar-refractivity contribution in [2.45, 2.75) is 40.0 Å². The molecule has 1 saturated heterocycles. The van der Waals surface area contributed by atoms with Crippen LogP contribution in [0.1, 0.15) is 51.3 Å². The van der Waals surface area contributed by atoms with Crippen molar-refractivity contribution in [1.29, 1.82) is 0 Å². The van der Waals surface area contributed by atoms with Gasteiger partial charge >= 0.3 is 0 Å². The number of pyridine rings is 1. The van der Waals surface area contributed by atoms with E-state index in [9.17, 15) is 0 Å². The zero-order valence-electron chi connectivity index (χ0n) is 19.1. The topological polar surface area (TPSA) is 19.4 Å². The van der Waals surface area contributed by atoms with Crippen molar-refractivity contribution in [3.63, 3.8) is 0 Å². The molecule has 1 fully saturated rings. The molecule has 2 heterocycles. The number of aromatic nitrogens is 1. The van der Waals surface area contributed by atoms with Gasteiger partial charge in [0.1, 0.15) is 0 Å². The summed E-state index contributed by atoms with van der Waals surface area (Å²) in [6.07, 6.45) is 9.65. The van der Waals surface area contributed by atoms with E-state index in [2.05, 4.69) is 60.2 Å². The van der Waals surface area contributed by atoms with Gasteiger partial charge in [-0.2, -0.15) is 0 Å². The first kappa shape index (κ1) is 23.1. The maximum Gasteiger partial charge on any atom is 0.0731 e. The molecule has 1 aliphatic heterocycles. The first-order chi connectivity index (χ1) is 15.0. The Morgan fingerprint density at radius 2 is 1.81 bits per heavy atom. The lowest BCUT2D eigenvalue weighted by molar-refractivity contribution is 0.209. The van der Waals surface area contributed by atoms with Gasteiger partial charge in [0.05, 0.1) is 16.2 Å². The summed E-state index contributed by atoms with van der Waals surface area (Å²) in [6, 6.07) is 8.22. The van der Waals surface area contributed by atoms with Crippen LogP contribution in [-0.4, -0.2) is 41.0 Å². The molecule has 4 heteroatoms. The SMILES string of the molecule is C=C(CCCC)N1CCN(C(=C)c2ccc3c(Cl)cc(C(/C=C\C)=C/C)nc3c2)CC1. The Kier molecular flexibility index (Phi) is 7.97. The van der Waals surface area contributed by atoms with Crippen LogP contribution in [0.4, 0.5) is 0 Å². The average Bonchev–Trinajstić information content (AvgIpc) is 2.80. The van der Waals surface area contributed by atoms with Gasteiger partial charge in [0.15, 0.2) is 0 Å². The third-order valence-corrected chi connectivity index (χ3v) is 6.29. The second-order valence-corrected chi connectivity index (χ2v) is 8.46. The molecule has 164 valence electrons. The molecular formula is C27H34ClN3. The van der Waals surface area contributed by atoms with Crippen molar-refractivity contribution in [2.24, 2.45) is 0 Å². The second-order valence-electron chi connectivity index (χ2n) is 8.06. The highest BCUT2D eigenvalue weighted by Crippen LogP contribution is 2.30. The lowest BCUT2D eigenvalue weighted by atomic mass is 10.1. The highest BCUT2D eigenvalue weighted by Gasteiger charge is 2.20. The summed E-state index contributed by atoms with van der Waals surface area (Å²) < 4.78 is 0. The molecule has 1 aliphatic rings. The number of halogens is 1. The fourth-order valence-corrected chi connectivity index (χ4v) is 4.30. The fourth-order valence-electron chi connectivity index (χ4n) is 4.04. The molecule has 0 bridgehead atoms. The summed E-state index contributed by atoms with van der Waals surface area (Å²) >= 11 is 6.59. The Labute approximate surface area is 192 Å². The maximum atomic E-state index is 6.59. The van der Waals surface area contributed by atoms with Crippen LogP contribution in [0.2, 0.25) is 5.02 Å². The molecule has 1 aromatic carbocycles. The summed E-state index contributed by atoms with van der Waals surface area (Å²) in [5, 5.41) is 1.69. The monoisotopic (exact) mass is 435 g/mol. The molecule has 0 unspecified atom stereocenters. The Bertz CT molecular complexity index is 1010. The Morgan fingerprint density at radius 3 is 2.45 bits per heavy atom. The van der Waals surface area contributed by atoms with Gasteiger partial charge in [0, 0.05) is 43.0 Å². The number of hydrogen-bond donors (Lipinski definition) is 0. The van der Waals surface area contributed by atoms with Gasteiger partial charge in [0.25, 0.3) is 0 Å². The third-order valence-electron chi connectivity index (χ3n) is 5.97. The molecule has 31 heavy (non-hydrogen) atoms. The van der Waals surface area contributed by atoms with E-state index in [-0.39, 0.29) is 0 Å². The molecule has 0 aliphatic carbocycles. The lowest BCUT2D eigenvalue weighted by Crippen LogP contribution is -2.44. The second kappa shape index (κ2) is 10.7. The zero-order valence-corrected chi connectivity index (χ0v) is 19.9. The summed E-state index contributed by atoms with van der Waals surface area (Å²) in [5.74, 6) is 0. The molecule has 0 atom stereocenters. The molecule has 2 aromatic rings. The number of benzene rings is 1. The number of piperazine rings is 1. The predicted octanol–water partition coefficient (Wildman–Crippen LogP) is 7.16. The average molecular weight is 436 g/mol. The molecule has 3 nitrogen and oxygen atoms in total. The lowest BCUT2D eigenvalue weighted by Gasteiger charge is -2.39. The largest absolute Gasteiger partial charge is 0.372 e. The van der Waals surface area contributed by atoms with Crippen LogP contribution in [0, 0.1) is 0 Å². The van der Waals surface area contributed by atoms with E-state index < -0.39 is 0 Å². The summed E-state index contributed by atoms with van der Waals surface area (Å²) in [7, 11) is 0. The fraction of sp³-hybridized carbons (Fsp3) is 0.370.